The number of ether oxygens (including phenoxy) is 1. The predicted octanol–water partition coefficient (Wildman–Crippen LogP) is 3.23. The van der Waals surface area contributed by atoms with Crippen molar-refractivity contribution in [1.82, 2.24) is 10.6 Å². The van der Waals surface area contributed by atoms with Gasteiger partial charge in [0.2, 0.25) is 0 Å². The van der Waals surface area contributed by atoms with Crippen LogP contribution >= 0.6 is 35.3 Å². The number of guanidine groups is 1. The number of aliphatic imine (C=N–C) groups is 1. The van der Waals surface area contributed by atoms with Gasteiger partial charge >= 0.3 is 0 Å². The fourth-order valence-corrected chi connectivity index (χ4v) is 4.41. The SMILES string of the molecule is CN=C(NCc1ccsc1)NC1C2CCCOC2C1(C)C.I. The summed E-state index contributed by atoms with van der Waals surface area (Å²) in [7, 11) is 1.84. The van der Waals surface area contributed by atoms with Crippen LogP contribution in [0.15, 0.2) is 21.8 Å². The van der Waals surface area contributed by atoms with Gasteiger partial charge in [-0.1, -0.05) is 13.8 Å². The minimum absolute atomic E-state index is 0. The Balaban J connectivity index is 0.00000176. The van der Waals surface area contributed by atoms with Crippen molar-refractivity contribution in [2.45, 2.75) is 45.4 Å². The smallest absolute Gasteiger partial charge is 0.191 e. The molecule has 0 aromatic carbocycles. The molecule has 3 unspecified atom stereocenters. The maximum absolute atomic E-state index is 5.96. The molecule has 0 spiro atoms. The first-order valence-corrected chi connectivity index (χ1v) is 8.67. The van der Waals surface area contributed by atoms with E-state index in [1.165, 1.54) is 18.4 Å². The molecule has 0 bridgehead atoms. The molecule has 6 heteroatoms. The lowest BCUT2D eigenvalue weighted by molar-refractivity contribution is -0.188. The van der Waals surface area contributed by atoms with E-state index >= 15 is 0 Å². The second kappa shape index (κ2) is 7.49. The fraction of sp³-hybridized carbons (Fsp3) is 0.688. The molecule has 2 heterocycles. The predicted molar refractivity (Wildman–Crippen MR) is 103 cm³/mol. The van der Waals surface area contributed by atoms with E-state index in [-0.39, 0.29) is 29.4 Å². The van der Waals surface area contributed by atoms with Crippen molar-refractivity contribution < 1.29 is 4.74 Å². The molecular weight excluding hydrogens is 409 g/mol. The van der Waals surface area contributed by atoms with Crippen molar-refractivity contribution in [2.75, 3.05) is 13.7 Å². The van der Waals surface area contributed by atoms with Gasteiger partial charge < -0.3 is 15.4 Å². The first kappa shape index (κ1) is 18.0. The molecule has 2 fully saturated rings. The summed E-state index contributed by atoms with van der Waals surface area (Å²) >= 11 is 1.73. The maximum Gasteiger partial charge on any atom is 0.191 e. The van der Waals surface area contributed by atoms with Gasteiger partial charge in [0.1, 0.15) is 0 Å². The molecule has 1 saturated heterocycles. The quantitative estimate of drug-likeness (QED) is 0.436. The van der Waals surface area contributed by atoms with E-state index < -0.39 is 0 Å². The molecule has 3 atom stereocenters. The van der Waals surface area contributed by atoms with Crippen LogP contribution in [0.25, 0.3) is 0 Å². The van der Waals surface area contributed by atoms with Crippen molar-refractivity contribution in [3.63, 3.8) is 0 Å². The van der Waals surface area contributed by atoms with E-state index in [0.717, 1.165) is 19.1 Å². The lowest BCUT2D eigenvalue weighted by Gasteiger charge is -2.60. The van der Waals surface area contributed by atoms with Crippen LogP contribution in [0.4, 0.5) is 0 Å². The Morgan fingerprint density at radius 3 is 3.00 bits per heavy atom. The third-order valence-electron chi connectivity index (χ3n) is 4.89. The Labute approximate surface area is 154 Å². The van der Waals surface area contributed by atoms with E-state index in [9.17, 15) is 0 Å². The number of nitrogens with one attached hydrogen (secondary N) is 2. The number of fused-ring (bicyclic) bond motifs is 1. The van der Waals surface area contributed by atoms with Gasteiger partial charge in [0, 0.05) is 37.6 Å². The first-order valence-electron chi connectivity index (χ1n) is 7.73. The van der Waals surface area contributed by atoms with E-state index in [4.69, 9.17) is 4.74 Å². The molecule has 1 aliphatic carbocycles. The highest BCUT2D eigenvalue weighted by Crippen LogP contribution is 2.51. The summed E-state index contributed by atoms with van der Waals surface area (Å²) in [4.78, 5) is 4.37. The van der Waals surface area contributed by atoms with E-state index in [0.29, 0.717) is 18.1 Å². The van der Waals surface area contributed by atoms with Crippen LogP contribution in [-0.4, -0.2) is 31.8 Å². The van der Waals surface area contributed by atoms with Gasteiger partial charge in [0.25, 0.3) is 0 Å². The number of hydrogen-bond acceptors (Lipinski definition) is 3. The number of halogens is 1. The topological polar surface area (TPSA) is 45.7 Å². The highest BCUT2D eigenvalue weighted by atomic mass is 127. The molecule has 2 N–H and O–H groups in total. The Morgan fingerprint density at radius 1 is 1.50 bits per heavy atom. The lowest BCUT2D eigenvalue weighted by Crippen LogP contribution is -2.70. The molecule has 1 aliphatic heterocycles. The van der Waals surface area contributed by atoms with E-state index in [1.807, 2.05) is 7.05 Å². The molecule has 4 nitrogen and oxygen atoms in total. The third-order valence-corrected chi connectivity index (χ3v) is 5.62. The molecule has 0 radical (unpaired) electrons. The van der Waals surface area contributed by atoms with E-state index in [2.05, 4.69) is 46.3 Å². The summed E-state index contributed by atoms with van der Waals surface area (Å²) < 4.78 is 5.96. The van der Waals surface area contributed by atoms with Crippen LogP contribution < -0.4 is 10.6 Å². The zero-order chi connectivity index (χ0) is 14.9. The Morgan fingerprint density at radius 2 is 2.32 bits per heavy atom. The third kappa shape index (κ3) is 3.43. The average Bonchev–Trinajstić information content (AvgIpc) is 3.00. The second-order valence-corrected chi connectivity index (χ2v) is 7.38. The van der Waals surface area contributed by atoms with E-state index in [1.54, 1.807) is 11.3 Å². The van der Waals surface area contributed by atoms with Crippen molar-refractivity contribution in [3.05, 3.63) is 22.4 Å². The normalized spacial score (nSPS) is 29.8. The van der Waals surface area contributed by atoms with Crippen LogP contribution in [0.3, 0.4) is 0 Å². The van der Waals surface area contributed by atoms with Crippen LogP contribution in [0.5, 0.6) is 0 Å². The first-order chi connectivity index (χ1) is 10.1. The van der Waals surface area contributed by atoms with Crippen molar-refractivity contribution >= 4 is 41.3 Å². The molecule has 124 valence electrons. The molecule has 1 aromatic heterocycles. The highest BCUT2D eigenvalue weighted by molar-refractivity contribution is 14.0. The minimum atomic E-state index is 0. The standard InChI is InChI=1S/C16H25N3OS.HI/c1-16(2)13(12-5-4-7-20-14(12)16)19-15(17-3)18-9-11-6-8-21-10-11;/h6,8,10,12-14H,4-5,7,9H2,1-3H3,(H2,17,18,19);1H. The van der Waals surface area contributed by atoms with Gasteiger partial charge in [0.05, 0.1) is 6.10 Å². The molecule has 0 amide bonds. The van der Waals surface area contributed by atoms with Gasteiger partial charge in [-0.25, -0.2) is 0 Å². The lowest BCUT2D eigenvalue weighted by atomic mass is 9.55. The number of thiophene rings is 1. The zero-order valence-corrected chi connectivity index (χ0v) is 16.6. The van der Waals surface area contributed by atoms with Crippen LogP contribution in [-0.2, 0) is 11.3 Å². The average molecular weight is 435 g/mol. The van der Waals surface area contributed by atoms with Gasteiger partial charge in [-0.15, -0.1) is 24.0 Å². The minimum Gasteiger partial charge on any atom is -0.377 e. The molecule has 3 rings (SSSR count). The molecule has 1 aromatic rings. The summed E-state index contributed by atoms with van der Waals surface area (Å²) in [5.41, 5.74) is 1.47. The second-order valence-electron chi connectivity index (χ2n) is 6.60. The Hall–Kier alpha value is -0.340. The monoisotopic (exact) mass is 435 g/mol. The number of nitrogens with zero attached hydrogens (tertiary/aromatic N) is 1. The number of rotatable bonds is 3. The van der Waals surface area contributed by atoms with Crippen LogP contribution in [0.1, 0.15) is 32.3 Å². The highest BCUT2D eigenvalue weighted by Gasteiger charge is 2.58. The van der Waals surface area contributed by atoms with Crippen LogP contribution in [0.2, 0.25) is 0 Å². The van der Waals surface area contributed by atoms with Gasteiger partial charge in [0.15, 0.2) is 5.96 Å². The van der Waals surface area contributed by atoms with Crippen molar-refractivity contribution in [1.29, 1.82) is 0 Å². The summed E-state index contributed by atoms with van der Waals surface area (Å²) in [6, 6.07) is 2.58. The molecular formula is C16H26IN3OS. The molecule has 22 heavy (non-hydrogen) atoms. The summed E-state index contributed by atoms with van der Waals surface area (Å²) in [5, 5.41) is 11.3. The fourth-order valence-electron chi connectivity index (χ4n) is 3.74. The van der Waals surface area contributed by atoms with Crippen LogP contribution in [0, 0.1) is 11.3 Å². The largest absolute Gasteiger partial charge is 0.377 e. The van der Waals surface area contributed by atoms with Crippen molar-refractivity contribution in [3.8, 4) is 0 Å². The van der Waals surface area contributed by atoms with Gasteiger partial charge in [-0.3, -0.25) is 4.99 Å². The van der Waals surface area contributed by atoms with Gasteiger partial charge in [-0.2, -0.15) is 11.3 Å². The molecule has 2 aliphatic rings. The Bertz CT molecular complexity index is 503. The van der Waals surface area contributed by atoms with Gasteiger partial charge in [-0.05, 0) is 35.2 Å². The zero-order valence-electron chi connectivity index (χ0n) is 13.5. The summed E-state index contributed by atoms with van der Waals surface area (Å²) in [6.07, 6.45) is 2.84. The summed E-state index contributed by atoms with van der Waals surface area (Å²) in [5.74, 6) is 1.51. The number of hydrogen-bond donors (Lipinski definition) is 2. The Kier molecular flexibility index (Phi) is 6.13. The molecule has 1 saturated carbocycles. The maximum atomic E-state index is 5.96. The summed E-state index contributed by atoms with van der Waals surface area (Å²) in [6.45, 7) is 6.33. The van der Waals surface area contributed by atoms with Crippen molar-refractivity contribution in [2.24, 2.45) is 16.3 Å².